The molecule has 1 aliphatic rings. The van der Waals surface area contributed by atoms with Gasteiger partial charge < -0.3 is 0 Å². The lowest BCUT2D eigenvalue weighted by Gasteiger charge is -2.06. The molecule has 0 atom stereocenters. The van der Waals surface area contributed by atoms with Crippen molar-refractivity contribution >= 4 is 5.78 Å². The molecule has 0 radical (unpaired) electrons. The van der Waals surface area contributed by atoms with Crippen LogP contribution in [0.1, 0.15) is 30.1 Å². The molecule has 1 aromatic carbocycles. The molecule has 1 fully saturated rings. The third-order valence-electron chi connectivity index (χ3n) is 2.67. The molecule has 1 saturated carbocycles. The summed E-state index contributed by atoms with van der Waals surface area (Å²) >= 11 is 0. The van der Waals surface area contributed by atoms with Gasteiger partial charge in [-0.2, -0.15) is 0 Å². The van der Waals surface area contributed by atoms with Crippen LogP contribution in [0.5, 0.6) is 0 Å². The van der Waals surface area contributed by atoms with Gasteiger partial charge in [0.2, 0.25) is 0 Å². The predicted molar refractivity (Wildman–Crippen MR) is 48.0 cm³/mol. The summed E-state index contributed by atoms with van der Waals surface area (Å²) in [6.45, 7) is 1.82. The van der Waals surface area contributed by atoms with E-state index in [0.29, 0.717) is 0 Å². The quantitative estimate of drug-likeness (QED) is 0.664. The van der Waals surface area contributed by atoms with Crippen molar-refractivity contribution in [2.75, 3.05) is 0 Å². The SMILES string of the molecule is CC1(C(=O)c2cc(F)cc(F)c2)CC1. The Morgan fingerprint density at radius 1 is 1.21 bits per heavy atom. The Bertz CT molecular complexity index is 374. The van der Waals surface area contributed by atoms with Crippen molar-refractivity contribution in [2.45, 2.75) is 19.8 Å². The van der Waals surface area contributed by atoms with E-state index in [1.807, 2.05) is 6.92 Å². The smallest absolute Gasteiger partial charge is 0.168 e. The number of rotatable bonds is 2. The van der Waals surface area contributed by atoms with Crippen molar-refractivity contribution in [2.24, 2.45) is 5.41 Å². The van der Waals surface area contributed by atoms with E-state index in [0.717, 1.165) is 31.0 Å². The van der Waals surface area contributed by atoms with Crippen LogP contribution in [-0.4, -0.2) is 5.78 Å². The van der Waals surface area contributed by atoms with E-state index in [2.05, 4.69) is 0 Å². The van der Waals surface area contributed by atoms with Crippen LogP contribution in [0.25, 0.3) is 0 Å². The molecule has 0 spiro atoms. The topological polar surface area (TPSA) is 17.1 Å². The lowest BCUT2D eigenvalue weighted by molar-refractivity contribution is 0.0911. The summed E-state index contributed by atoms with van der Waals surface area (Å²) in [7, 11) is 0. The summed E-state index contributed by atoms with van der Waals surface area (Å²) in [6.07, 6.45) is 1.62. The van der Waals surface area contributed by atoms with Gasteiger partial charge in [0.05, 0.1) is 0 Å². The number of benzene rings is 1. The number of carbonyl (C=O) groups excluding carboxylic acids is 1. The molecule has 0 amide bonds. The molecule has 74 valence electrons. The zero-order valence-electron chi connectivity index (χ0n) is 7.81. The number of halogens is 2. The second kappa shape index (κ2) is 2.87. The molecule has 0 unspecified atom stereocenters. The van der Waals surface area contributed by atoms with Gasteiger partial charge in [-0.3, -0.25) is 4.79 Å². The largest absolute Gasteiger partial charge is 0.294 e. The number of hydrogen-bond donors (Lipinski definition) is 0. The molecular weight excluding hydrogens is 186 g/mol. The van der Waals surface area contributed by atoms with Crippen molar-refractivity contribution in [3.63, 3.8) is 0 Å². The first-order valence-corrected chi connectivity index (χ1v) is 4.52. The first kappa shape index (κ1) is 9.31. The highest BCUT2D eigenvalue weighted by Gasteiger charge is 2.45. The van der Waals surface area contributed by atoms with Crippen LogP contribution in [0.15, 0.2) is 18.2 Å². The molecule has 0 saturated heterocycles. The molecule has 0 bridgehead atoms. The van der Waals surface area contributed by atoms with Crippen molar-refractivity contribution in [1.82, 2.24) is 0 Å². The molecule has 0 aromatic heterocycles. The molecule has 2 rings (SSSR count). The number of carbonyl (C=O) groups is 1. The minimum absolute atomic E-state index is 0.141. The van der Waals surface area contributed by atoms with E-state index in [4.69, 9.17) is 0 Å². The molecule has 0 N–H and O–H groups in total. The summed E-state index contributed by atoms with van der Waals surface area (Å²) in [4.78, 5) is 11.7. The second-order valence-electron chi connectivity index (χ2n) is 4.05. The molecule has 0 aliphatic heterocycles. The minimum Gasteiger partial charge on any atom is -0.294 e. The fourth-order valence-corrected chi connectivity index (χ4v) is 1.45. The third kappa shape index (κ3) is 1.54. The van der Waals surface area contributed by atoms with Crippen LogP contribution < -0.4 is 0 Å². The van der Waals surface area contributed by atoms with E-state index in [9.17, 15) is 13.6 Å². The van der Waals surface area contributed by atoms with E-state index >= 15 is 0 Å². The van der Waals surface area contributed by atoms with Crippen molar-refractivity contribution in [3.8, 4) is 0 Å². The van der Waals surface area contributed by atoms with Crippen LogP contribution in [0.4, 0.5) is 8.78 Å². The Kier molecular flexibility index (Phi) is 1.91. The maximum Gasteiger partial charge on any atom is 0.168 e. The maximum absolute atomic E-state index is 12.8. The first-order chi connectivity index (χ1) is 6.51. The summed E-state index contributed by atoms with van der Waals surface area (Å²) < 4.78 is 25.6. The van der Waals surface area contributed by atoms with Crippen LogP contribution in [0.2, 0.25) is 0 Å². The zero-order valence-corrected chi connectivity index (χ0v) is 7.81. The summed E-state index contributed by atoms with van der Waals surface area (Å²) in [5, 5.41) is 0. The van der Waals surface area contributed by atoms with Gasteiger partial charge in [-0.1, -0.05) is 6.92 Å². The van der Waals surface area contributed by atoms with Gasteiger partial charge in [0.25, 0.3) is 0 Å². The molecular formula is C11H10F2O. The molecule has 1 nitrogen and oxygen atoms in total. The summed E-state index contributed by atoms with van der Waals surface area (Å²) in [5.74, 6) is -1.55. The first-order valence-electron chi connectivity index (χ1n) is 4.52. The molecule has 0 heterocycles. The van der Waals surface area contributed by atoms with Crippen molar-refractivity contribution in [3.05, 3.63) is 35.4 Å². The van der Waals surface area contributed by atoms with Crippen molar-refractivity contribution < 1.29 is 13.6 Å². The Balaban J connectivity index is 2.36. The normalized spacial score (nSPS) is 17.9. The highest BCUT2D eigenvalue weighted by Crippen LogP contribution is 2.47. The number of Topliss-reactive ketones (excluding diaryl/α,β-unsaturated/α-hetero) is 1. The Labute approximate surface area is 80.7 Å². The van der Waals surface area contributed by atoms with Gasteiger partial charge in [-0.05, 0) is 25.0 Å². The average molecular weight is 196 g/mol. The lowest BCUT2D eigenvalue weighted by atomic mass is 9.97. The van der Waals surface area contributed by atoms with Crippen LogP contribution in [0, 0.1) is 17.0 Å². The number of hydrogen-bond acceptors (Lipinski definition) is 1. The van der Waals surface area contributed by atoms with E-state index in [-0.39, 0.29) is 16.8 Å². The lowest BCUT2D eigenvalue weighted by Crippen LogP contribution is -2.12. The van der Waals surface area contributed by atoms with Gasteiger partial charge in [0, 0.05) is 17.0 Å². The van der Waals surface area contributed by atoms with Gasteiger partial charge in [-0.15, -0.1) is 0 Å². The van der Waals surface area contributed by atoms with Crippen molar-refractivity contribution in [1.29, 1.82) is 0 Å². The highest BCUT2D eigenvalue weighted by molar-refractivity contribution is 6.01. The maximum atomic E-state index is 12.8. The van der Waals surface area contributed by atoms with E-state index in [1.165, 1.54) is 0 Å². The fraction of sp³-hybridized carbons (Fsp3) is 0.364. The Morgan fingerprint density at radius 2 is 1.71 bits per heavy atom. The van der Waals surface area contributed by atoms with Crippen LogP contribution in [0.3, 0.4) is 0 Å². The Hall–Kier alpha value is -1.25. The summed E-state index contributed by atoms with van der Waals surface area (Å²) in [6, 6.07) is 2.95. The average Bonchev–Trinajstić information content (AvgIpc) is 2.82. The minimum atomic E-state index is -0.697. The number of ketones is 1. The standard InChI is InChI=1S/C11H10F2O/c1-11(2-3-11)10(14)7-4-8(12)6-9(13)5-7/h4-6H,2-3H2,1H3. The second-order valence-corrected chi connectivity index (χ2v) is 4.05. The highest BCUT2D eigenvalue weighted by atomic mass is 19.1. The van der Waals surface area contributed by atoms with Crippen LogP contribution in [-0.2, 0) is 0 Å². The predicted octanol–water partition coefficient (Wildman–Crippen LogP) is 2.95. The van der Waals surface area contributed by atoms with Crippen LogP contribution >= 0.6 is 0 Å². The zero-order chi connectivity index (χ0) is 10.3. The summed E-state index contributed by atoms with van der Waals surface area (Å²) in [5.41, 5.74) is -0.234. The van der Waals surface area contributed by atoms with E-state index in [1.54, 1.807) is 0 Å². The van der Waals surface area contributed by atoms with Gasteiger partial charge in [-0.25, -0.2) is 8.78 Å². The molecule has 1 aliphatic carbocycles. The molecule has 1 aromatic rings. The monoisotopic (exact) mass is 196 g/mol. The molecule has 14 heavy (non-hydrogen) atoms. The van der Waals surface area contributed by atoms with Gasteiger partial charge in [0.1, 0.15) is 11.6 Å². The Morgan fingerprint density at radius 3 is 2.14 bits per heavy atom. The van der Waals surface area contributed by atoms with Gasteiger partial charge >= 0.3 is 0 Å². The third-order valence-corrected chi connectivity index (χ3v) is 2.67. The molecule has 3 heteroatoms. The van der Waals surface area contributed by atoms with Gasteiger partial charge in [0.15, 0.2) is 5.78 Å². The van der Waals surface area contributed by atoms with E-state index < -0.39 is 11.6 Å². The fourth-order valence-electron chi connectivity index (χ4n) is 1.45.